The summed E-state index contributed by atoms with van der Waals surface area (Å²) in [4.78, 5) is 4.07. The van der Waals surface area contributed by atoms with Gasteiger partial charge in [0.2, 0.25) is 0 Å². The van der Waals surface area contributed by atoms with Crippen LogP contribution in [0.4, 0.5) is 28.6 Å². The maximum atomic E-state index is 18.0. The van der Waals surface area contributed by atoms with E-state index in [1.807, 2.05) is 227 Å². The first-order valence-corrected chi connectivity index (χ1v) is 34.9. The maximum Gasteiger partial charge on any atom is 0.737 e. The summed E-state index contributed by atoms with van der Waals surface area (Å²) in [6.07, 6.45) is 10.7. The van der Waals surface area contributed by atoms with Gasteiger partial charge in [-0.1, -0.05) is 153 Å². The third-order valence-electron chi connectivity index (χ3n) is 22.0. The minimum absolute atomic E-state index is 0.414. The summed E-state index contributed by atoms with van der Waals surface area (Å²) in [5, 5.41) is 0. The lowest BCUT2D eigenvalue weighted by molar-refractivity contribution is -0.364. The molecule has 0 bridgehead atoms. The van der Waals surface area contributed by atoms with Crippen LogP contribution >= 0.6 is 0 Å². The molecular weight excluding hydrogens is 1250 g/mol. The van der Waals surface area contributed by atoms with E-state index in [2.05, 4.69) is 109 Å². The Balaban J connectivity index is 0.753. The third kappa shape index (κ3) is 9.80. The fourth-order valence-corrected chi connectivity index (χ4v) is 17.3. The quantitative estimate of drug-likeness (QED) is 0.0773. The number of rotatable bonds is 10. The number of nitrogens with zero attached hydrogens (tertiary/aromatic N) is 6. The zero-order valence-electron chi connectivity index (χ0n) is 59.0. The molecule has 0 saturated carbocycles. The fourth-order valence-electron chi connectivity index (χ4n) is 17.3. The van der Waals surface area contributed by atoms with E-state index >= 15 is 17.3 Å². The van der Waals surface area contributed by atoms with Crippen molar-refractivity contribution in [2.24, 2.45) is 0 Å². The Morgan fingerprint density at radius 2 is 0.931 bits per heavy atom. The van der Waals surface area contributed by atoms with Crippen LogP contribution in [0.3, 0.4) is 0 Å². The first-order valence-electron chi connectivity index (χ1n) is 34.9. The van der Waals surface area contributed by atoms with Crippen molar-refractivity contribution in [2.45, 2.75) is 73.6 Å². The number of fused-ring (bicyclic) bond motifs is 14. The lowest BCUT2D eigenvalue weighted by Gasteiger charge is -2.34. The molecule has 0 saturated heterocycles. The van der Waals surface area contributed by atoms with Crippen molar-refractivity contribution >= 4 is 66.1 Å². The molecule has 1 spiro atoms. The zero-order chi connectivity index (χ0) is 70.3. The van der Waals surface area contributed by atoms with E-state index in [0.29, 0.717) is 58.4 Å². The number of hydrogen-bond acceptors (Lipinski definition) is 2. The first-order chi connectivity index (χ1) is 48.6. The molecule has 8 aromatic carbocycles. The summed E-state index contributed by atoms with van der Waals surface area (Å²) in [5.41, 5.74) is 28.6. The van der Waals surface area contributed by atoms with E-state index < -0.39 is 19.4 Å². The predicted octanol–water partition coefficient (Wildman–Crippen LogP) is 19.6. The highest BCUT2D eigenvalue weighted by molar-refractivity contribution is 6.59. The van der Waals surface area contributed by atoms with Crippen LogP contribution in [0.1, 0.15) is 147 Å². The van der Waals surface area contributed by atoms with Crippen LogP contribution < -0.4 is 9.80 Å². The number of halogens is 4. The molecule has 0 N–H and O–H groups in total. The van der Waals surface area contributed by atoms with Crippen molar-refractivity contribution in [3.63, 3.8) is 0 Å². The summed E-state index contributed by atoms with van der Waals surface area (Å²) in [7, 11) is 7.97. The molecule has 6 nitrogen and oxygen atoms in total. The normalized spacial score (nSPS) is 17.0. The van der Waals surface area contributed by atoms with Crippen LogP contribution in [0.25, 0.3) is 51.6 Å². The lowest BCUT2D eigenvalue weighted by atomic mass is 9.70. The summed E-state index contributed by atoms with van der Waals surface area (Å²) >= 11 is 0. The molecule has 4 aliphatic heterocycles. The second kappa shape index (κ2) is 24.0. The number of hydrogen-bond donors (Lipinski definition) is 0. The molecule has 12 heteroatoms. The molecule has 0 radical (unpaired) electrons. The van der Waals surface area contributed by atoms with Gasteiger partial charge < -0.3 is 45.0 Å². The molecule has 1 atom stereocenters. The van der Waals surface area contributed by atoms with Crippen LogP contribution in [-0.4, -0.2) is 71.5 Å². The molecule has 6 heterocycles. The van der Waals surface area contributed by atoms with Gasteiger partial charge in [-0.05, 0) is 228 Å². The highest BCUT2D eigenvalue weighted by Crippen LogP contribution is 2.63. The van der Waals surface area contributed by atoms with Crippen LogP contribution in [0.2, 0.25) is 0 Å². The van der Waals surface area contributed by atoms with Gasteiger partial charge in [0.15, 0.2) is 17.1 Å². The van der Waals surface area contributed by atoms with Crippen molar-refractivity contribution < 1.29 is 26.2 Å². The Hall–Kier alpha value is -11.3. The third-order valence-corrected chi connectivity index (χ3v) is 22.0. The van der Waals surface area contributed by atoms with Crippen LogP contribution in [0, 0.1) is 44.5 Å². The molecule has 10 aromatic rings. The molecule has 2 aliphatic carbocycles. The number of aromatic nitrogens is 2. The maximum absolute atomic E-state index is 18.0. The molecule has 101 heavy (non-hydrogen) atoms. The van der Waals surface area contributed by atoms with E-state index in [4.69, 9.17) is 0 Å². The van der Waals surface area contributed by atoms with E-state index in [1.54, 1.807) is 0 Å². The Bertz CT molecular complexity index is 5650. The van der Waals surface area contributed by atoms with Crippen LogP contribution in [0.5, 0.6) is 0 Å². The highest BCUT2D eigenvalue weighted by atomic mass is 19.3. The fraction of sp³-hybridized carbons (Fsp3) is 0.169. The van der Waals surface area contributed by atoms with Gasteiger partial charge in [-0.3, -0.25) is 0 Å². The average molecular weight is 1330 g/mol. The number of anilines is 2. The van der Waals surface area contributed by atoms with E-state index in [1.165, 1.54) is 40.2 Å². The van der Waals surface area contributed by atoms with E-state index in [0.717, 1.165) is 123 Å². The van der Waals surface area contributed by atoms with Gasteiger partial charge in [-0.2, -0.15) is 0 Å². The molecule has 496 valence electrons. The molecule has 16 rings (SSSR count). The Morgan fingerprint density at radius 1 is 0.465 bits per heavy atom. The lowest BCUT2D eigenvalue weighted by Crippen LogP contribution is -2.51. The molecule has 1 unspecified atom stereocenters. The number of allylic oxidation sites excluding steroid dienone is 5. The van der Waals surface area contributed by atoms with E-state index in [9.17, 15) is 0 Å². The Labute approximate surface area is 590 Å². The van der Waals surface area contributed by atoms with Crippen molar-refractivity contribution in [2.75, 3.05) is 38.0 Å². The van der Waals surface area contributed by atoms with Crippen LogP contribution in [-0.2, 0) is 11.8 Å². The summed E-state index contributed by atoms with van der Waals surface area (Å²) in [5.74, 6) is 14.2. The number of aryl methyl sites for hydroxylation is 1. The smallest absolute Gasteiger partial charge is 0.393 e. The predicted molar refractivity (Wildman–Crippen MR) is 411 cm³/mol. The molecular formula is C89H76B2F4N6. The van der Waals surface area contributed by atoms with Gasteiger partial charge >= 0.3 is 13.9 Å². The molecule has 0 fully saturated rings. The Kier molecular flexibility index (Phi) is 15.3. The second-order valence-electron chi connectivity index (χ2n) is 28.0. The Morgan fingerprint density at radius 3 is 1.44 bits per heavy atom. The van der Waals surface area contributed by atoms with Crippen LogP contribution in [0.15, 0.2) is 228 Å². The topological polar surface area (TPSA) is 22.4 Å². The summed E-state index contributed by atoms with van der Waals surface area (Å²) < 4.78 is 75.5. The standard InChI is InChI=1S/C89H76B2F4N6/c1-13-73-57(5)87-84(88-58(6)74(14-2)60(8)99(88)90(92,93)98(87)59(73)7)68-41-29-62(30-42-68)24-26-66-38-50-78-76-20-16-18-22-80(76)89(82(78)54-66)79-21-17-15-19-75(79)77-49-37-65(53-81(77)89)25-23-61-27-39-67(40-28-61)83-85-55(3)51-71(47-35-63-31-43-69(44-32-63)96(9)10)100(85)91(94,95)101-72(52-56(4)86(83)101)48-36-64-33-45-70(46-34-64)97(11)12/h15-22,27-54H,13-14H2,1-12H3/b47-35+,48-36+. The summed E-state index contributed by atoms with van der Waals surface area (Å²) in [6.45, 7) is 7.09. The van der Waals surface area contributed by atoms with Crippen molar-refractivity contribution in [3.05, 3.63) is 335 Å². The largest absolute Gasteiger partial charge is 0.737 e. The second-order valence-corrected chi connectivity index (χ2v) is 28.0. The van der Waals surface area contributed by atoms with Gasteiger partial charge in [-0.25, -0.2) is 0 Å². The molecule has 6 aliphatic rings. The minimum atomic E-state index is -4.40. The summed E-state index contributed by atoms with van der Waals surface area (Å²) in [6, 6.07) is 64.9. The number of benzene rings is 8. The van der Waals surface area contributed by atoms with Crippen molar-refractivity contribution in [1.29, 1.82) is 0 Å². The highest BCUT2D eigenvalue weighted by Gasteiger charge is 2.58. The zero-order valence-corrected chi connectivity index (χ0v) is 59.0. The molecule has 2 aromatic heterocycles. The SMILES string of the molecule is CCC1=C(C)C2=C(c3ccc(C#Cc4ccc5c(c4)C4(c6ccccc6-c6ccc(C#Cc7ccc(C8=C9C(C)=CC(/C=C/c%10ccc(N(C)C)cc%10)=[N+]9[B-](F)(F)n9c(/C=C/c%10ccc(N(C)C)cc%10)cc(C)c98)cc7)cc64)c4ccccc4-5)cc3)c3c(C)c(CC)c(C)n3[B-](F)(F)[N+]2=C1C. The average Bonchev–Trinajstić information content (AvgIpc) is 1.53. The van der Waals surface area contributed by atoms with Gasteiger partial charge in [-0.15, -0.1) is 0 Å². The van der Waals surface area contributed by atoms with Crippen molar-refractivity contribution in [3.8, 4) is 45.9 Å². The van der Waals surface area contributed by atoms with Gasteiger partial charge in [0, 0.05) is 115 Å². The van der Waals surface area contributed by atoms with Gasteiger partial charge in [0.1, 0.15) is 5.71 Å². The van der Waals surface area contributed by atoms with Gasteiger partial charge in [0.05, 0.1) is 16.6 Å². The first kappa shape index (κ1) is 64.4. The minimum Gasteiger partial charge on any atom is -0.393 e. The molecule has 0 amide bonds. The van der Waals surface area contributed by atoms with E-state index in [-0.39, 0.29) is 0 Å². The van der Waals surface area contributed by atoms with Crippen molar-refractivity contribution in [1.82, 2.24) is 8.96 Å². The van der Waals surface area contributed by atoms with Gasteiger partial charge in [0.25, 0.3) is 0 Å². The monoisotopic (exact) mass is 1330 g/mol.